The van der Waals surface area contributed by atoms with Gasteiger partial charge in [-0.3, -0.25) is 5.41 Å². The van der Waals surface area contributed by atoms with Crippen LogP contribution in [0.3, 0.4) is 0 Å². The van der Waals surface area contributed by atoms with E-state index in [0.29, 0.717) is 12.2 Å². The van der Waals surface area contributed by atoms with Gasteiger partial charge in [0.25, 0.3) is 0 Å². The third kappa shape index (κ3) is 3.43. The van der Waals surface area contributed by atoms with Crippen molar-refractivity contribution in [3.8, 4) is 5.75 Å². The second-order valence-electron chi connectivity index (χ2n) is 2.90. The van der Waals surface area contributed by atoms with Crippen LogP contribution in [0.2, 0.25) is 0 Å². The molecule has 0 fully saturated rings. The lowest BCUT2D eigenvalue weighted by molar-refractivity contribution is 0.325. The molecule has 0 spiro atoms. The topological polar surface area (TPSA) is 59.1 Å². The fourth-order valence-corrected chi connectivity index (χ4v) is 1.27. The molecule has 0 saturated heterocycles. The first-order valence-corrected chi connectivity index (χ1v) is 5.80. The Morgan fingerprint density at radius 3 is 2.87 bits per heavy atom. The largest absolute Gasteiger partial charge is 0.490 e. The zero-order chi connectivity index (χ0) is 11.3. The lowest BCUT2D eigenvalue weighted by Crippen LogP contribution is -2.11. The molecule has 1 rings (SSSR count). The third-order valence-corrected chi connectivity index (χ3v) is 2.36. The van der Waals surface area contributed by atoms with E-state index in [4.69, 9.17) is 15.9 Å². The van der Waals surface area contributed by atoms with Crippen molar-refractivity contribution < 1.29 is 9.13 Å². The Kier molecular flexibility index (Phi) is 4.42. The molecular weight excluding hydrogens is 215 g/mol. The summed E-state index contributed by atoms with van der Waals surface area (Å²) >= 11 is 1.63. The van der Waals surface area contributed by atoms with E-state index in [-0.39, 0.29) is 11.6 Å². The van der Waals surface area contributed by atoms with E-state index >= 15 is 0 Å². The molecule has 0 bridgehead atoms. The number of nitrogens with two attached hydrogens (primary N) is 1. The van der Waals surface area contributed by atoms with Gasteiger partial charge in [0.1, 0.15) is 5.84 Å². The van der Waals surface area contributed by atoms with Gasteiger partial charge in [-0.2, -0.15) is 11.8 Å². The zero-order valence-corrected chi connectivity index (χ0v) is 9.23. The lowest BCUT2D eigenvalue weighted by Gasteiger charge is -2.07. The molecule has 0 unspecified atom stereocenters. The van der Waals surface area contributed by atoms with Crippen LogP contribution in [0.25, 0.3) is 0 Å². The predicted molar refractivity (Wildman–Crippen MR) is 61.3 cm³/mol. The molecule has 3 nitrogen and oxygen atoms in total. The zero-order valence-electron chi connectivity index (χ0n) is 8.42. The summed E-state index contributed by atoms with van der Waals surface area (Å²) < 4.78 is 18.6. The first-order chi connectivity index (χ1) is 7.15. The molecule has 5 heteroatoms. The molecule has 0 radical (unpaired) electrons. The summed E-state index contributed by atoms with van der Waals surface area (Å²) in [5.74, 6) is 0.385. The van der Waals surface area contributed by atoms with Gasteiger partial charge in [-0.1, -0.05) is 0 Å². The Balaban J connectivity index is 2.70. The number of hydrogen-bond acceptors (Lipinski definition) is 3. The minimum atomic E-state index is -0.483. The normalized spacial score (nSPS) is 10.0. The summed E-state index contributed by atoms with van der Waals surface area (Å²) in [5, 5.41) is 7.14. The van der Waals surface area contributed by atoms with Gasteiger partial charge in [-0.25, -0.2) is 4.39 Å². The highest BCUT2D eigenvalue weighted by molar-refractivity contribution is 7.98. The van der Waals surface area contributed by atoms with Gasteiger partial charge in [0.15, 0.2) is 11.6 Å². The maximum atomic E-state index is 13.4. The molecule has 0 atom stereocenters. The van der Waals surface area contributed by atoms with Crippen molar-refractivity contribution in [3.05, 3.63) is 29.6 Å². The number of rotatable bonds is 5. The number of hydrogen-bond donors (Lipinski definition) is 2. The van der Waals surface area contributed by atoms with Crippen LogP contribution in [0.15, 0.2) is 18.2 Å². The molecule has 82 valence electrons. The number of nitrogen functional groups attached to an aromatic ring is 1. The minimum absolute atomic E-state index is 0.149. The highest BCUT2D eigenvalue weighted by Gasteiger charge is 2.05. The van der Waals surface area contributed by atoms with E-state index in [1.807, 2.05) is 6.26 Å². The number of nitrogens with one attached hydrogen (secondary N) is 1. The maximum absolute atomic E-state index is 13.4. The number of benzene rings is 1. The molecule has 0 aliphatic rings. The van der Waals surface area contributed by atoms with E-state index in [0.717, 1.165) is 5.75 Å². The van der Waals surface area contributed by atoms with E-state index in [1.54, 1.807) is 17.8 Å². The summed E-state index contributed by atoms with van der Waals surface area (Å²) in [4.78, 5) is 0. The molecule has 15 heavy (non-hydrogen) atoms. The average molecular weight is 228 g/mol. The number of ether oxygens (including phenoxy) is 1. The quantitative estimate of drug-likeness (QED) is 0.459. The van der Waals surface area contributed by atoms with Gasteiger partial charge in [-0.05, 0) is 24.5 Å². The van der Waals surface area contributed by atoms with Crippen LogP contribution < -0.4 is 10.5 Å². The smallest absolute Gasteiger partial charge is 0.165 e. The van der Waals surface area contributed by atoms with Crippen LogP contribution in [0, 0.1) is 11.2 Å². The second-order valence-corrected chi connectivity index (χ2v) is 3.89. The number of halogens is 1. The van der Waals surface area contributed by atoms with Crippen molar-refractivity contribution in [2.75, 3.05) is 18.6 Å². The van der Waals surface area contributed by atoms with Crippen LogP contribution in [0.4, 0.5) is 4.39 Å². The lowest BCUT2D eigenvalue weighted by atomic mass is 10.2. The van der Waals surface area contributed by atoms with Crippen molar-refractivity contribution in [3.63, 3.8) is 0 Å². The molecule has 0 aliphatic heterocycles. The van der Waals surface area contributed by atoms with Gasteiger partial charge in [0.05, 0.1) is 6.61 Å². The van der Waals surface area contributed by atoms with E-state index in [9.17, 15) is 4.39 Å². The Labute approximate surface area is 92.3 Å². The molecule has 0 heterocycles. The molecule has 1 aromatic carbocycles. The molecule has 1 aromatic rings. The van der Waals surface area contributed by atoms with Crippen molar-refractivity contribution in [1.82, 2.24) is 0 Å². The molecule has 0 saturated carbocycles. The highest BCUT2D eigenvalue weighted by atomic mass is 32.2. The first kappa shape index (κ1) is 11.8. The average Bonchev–Trinajstić information content (AvgIpc) is 2.20. The predicted octanol–water partition coefficient (Wildman–Crippen LogP) is 1.85. The molecule has 0 amide bonds. The summed E-state index contributed by atoms with van der Waals surface area (Å²) in [6, 6.07) is 4.27. The first-order valence-electron chi connectivity index (χ1n) is 4.41. The van der Waals surface area contributed by atoms with Gasteiger partial charge >= 0.3 is 0 Å². The molecule has 0 aromatic heterocycles. The van der Waals surface area contributed by atoms with Crippen molar-refractivity contribution in [1.29, 1.82) is 5.41 Å². The van der Waals surface area contributed by atoms with Gasteiger partial charge < -0.3 is 10.5 Å². The van der Waals surface area contributed by atoms with E-state index in [2.05, 4.69) is 0 Å². The van der Waals surface area contributed by atoms with E-state index in [1.165, 1.54) is 12.1 Å². The summed E-state index contributed by atoms with van der Waals surface area (Å²) in [6.45, 7) is 0.470. The fraction of sp³-hybridized carbons (Fsp3) is 0.300. The van der Waals surface area contributed by atoms with Crippen LogP contribution in [-0.4, -0.2) is 24.5 Å². The Morgan fingerprint density at radius 1 is 1.60 bits per heavy atom. The number of thioether (sulfide) groups is 1. The Morgan fingerprint density at radius 2 is 2.33 bits per heavy atom. The monoisotopic (exact) mass is 228 g/mol. The summed E-state index contributed by atoms with van der Waals surface area (Å²) in [6.07, 6.45) is 1.96. The van der Waals surface area contributed by atoms with Crippen LogP contribution in [0.5, 0.6) is 5.75 Å². The standard InChI is InChI=1S/C10H13FN2OS/c1-15-5-4-14-9-3-2-7(10(12)13)6-8(9)11/h2-3,6H,4-5H2,1H3,(H3,12,13). The van der Waals surface area contributed by atoms with Crippen molar-refractivity contribution in [2.45, 2.75) is 0 Å². The SMILES string of the molecule is CSCCOc1ccc(C(=N)N)cc1F. The summed E-state index contributed by atoms with van der Waals surface area (Å²) in [7, 11) is 0. The Bertz CT molecular complexity index is 357. The second kappa shape index (κ2) is 5.60. The van der Waals surface area contributed by atoms with Crippen LogP contribution >= 0.6 is 11.8 Å². The van der Waals surface area contributed by atoms with E-state index < -0.39 is 5.82 Å². The van der Waals surface area contributed by atoms with Crippen LogP contribution in [0.1, 0.15) is 5.56 Å². The number of amidine groups is 1. The summed E-state index contributed by atoms with van der Waals surface area (Å²) in [5.41, 5.74) is 5.59. The third-order valence-electron chi connectivity index (χ3n) is 1.79. The molecule has 0 aliphatic carbocycles. The van der Waals surface area contributed by atoms with Gasteiger partial charge in [0, 0.05) is 11.3 Å². The Hall–Kier alpha value is -1.23. The van der Waals surface area contributed by atoms with Crippen molar-refractivity contribution >= 4 is 17.6 Å². The highest BCUT2D eigenvalue weighted by Crippen LogP contribution is 2.18. The van der Waals surface area contributed by atoms with Crippen molar-refractivity contribution in [2.24, 2.45) is 5.73 Å². The maximum Gasteiger partial charge on any atom is 0.165 e. The van der Waals surface area contributed by atoms with Gasteiger partial charge in [0.2, 0.25) is 0 Å². The molecular formula is C10H13FN2OS. The molecule has 3 N–H and O–H groups in total. The van der Waals surface area contributed by atoms with Gasteiger partial charge in [-0.15, -0.1) is 0 Å². The fourth-order valence-electron chi connectivity index (χ4n) is 1.02. The van der Waals surface area contributed by atoms with Crippen LogP contribution in [-0.2, 0) is 0 Å². The minimum Gasteiger partial charge on any atom is -0.490 e.